The Bertz CT molecular complexity index is 381. The molecule has 1 rings (SSSR count). The van der Waals surface area contributed by atoms with Gasteiger partial charge in [0.1, 0.15) is 0 Å². The van der Waals surface area contributed by atoms with Gasteiger partial charge < -0.3 is 5.11 Å². The maximum atomic E-state index is 10.1. The first-order valence-electron chi connectivity index (χ1n) is 4.19. The summed E-state index contributed by atoms with van der Waals surface area (Å²) in [6.45, 7) is 1.91. The van der Waals surface area contributed by atoms with Crippen molar-refractivity contribution in [3.63, 3.8) is 0 Å². The van der Waals surface area contributed by atoms with Gasteiger partial charge in [-0.2, -0.15) is 0 Å². The molecule has 1 heterocycles. The normalized spacial score (nSPS) is 11.2. The van der Waals surface area contributed by atoms with E-state index >= 15 is 0 Å². The zero-order valence-electron chi connectivity index (χ0n) is 7.84. The second-order valence-corrected chi connectivity index (χ2v) is 2.79. The van der Waals surface area contributed by atoms with E-state index in [9.17, 15) is 4.79 Å². The minimum absolute atomic E-state index is 0.939. The SMILES string of the molecule is Cc1cc(/C=C/C=C/C(=O)O)ccn1. The molecule has 0 aliphatic heterocycles. The fourth-order valence-corrected chi connectivity index (χ4v) is 0.976. The van der Waals surface area contributed by atoms with Gasteiger partial charge in [-0.15, -0.1) is 0 Å². The zero-order chi connectivity index (χ0) is 10.4. The minimum Gasteiger partial charge on any atom is -0.478 e. The summed E-state index contributed by atoms with van der Waals surface area (Å²) in [4.78, 5) is 14.2. The maximum absolute atomic E-state index is 10.1. The van der Waals surface area contributed by atoms with Crippen LogP contribution in [0.3, 0.4) is 0 Å². The molecule has 0 saturated heterocycles. The van der Waals surface area contributed by atoms with E-state index in [0.717, 1.165) is 17.3 Å². The number of allylic oxidation sites excluding steroid dienone is 2. The first-order valence-corrected chi connectivity index (χ1v) is 4.19. The molecule has 1 aromatic heterocycles. The van der Waals surface area contributed by atoms with Crippen LogP contribution in [0.2, 0.25) is 0 Å². The van der Waals surface area contributed by atoms with E-state index in [-0.39, 0.29) is 0 Å². The number of carboxylic acids is 1. The number of rotatable bonds is 3. The summed E-state index contributed by atoms with van der Waals surface area (Å²) in [6, 6.07) is 3.78. The highest BCUT2D eigenvalue weighted by molar-refractivity contribution is 5.80. The van der Waals surface area contributed by atoms with Crippen molar-refractivity contribution >= 4 is 12.0 Å². The van der Waals surface area contributed by atoms with E-state index in [2.05, 4.69) is 4.98 Å². The third-order valence-electron chi connectivity index (χ3n) is 1.56. The van der Waals surface area contributed by atoms with Crippen LogP contribution in [0.4, 0.5) is 0 Å². The quantitative estimate of drug-likeness (QED) is 0.584. The number of aryl methyl sites for hydroxylation is 1. The van der Waals surface area contributed by atoms with Crippen molar-refractivity contribution in [1.29, 1.82) is 0 Å². The minimum atomic E-state index is -0.944. The number of pyridine rings is 1. The molecular weight excluding hydrogens is 178 g/mol. The summed E-state index contributed by atoms with van der Waals surface area (Å²) >= 11 is 0. The number of hydrogen-bond acceptors (Lipinski definition) is 2. The Morgan fingerprint density at radius 1 is 1.50 bits per heavy atom. The number of aliphatic carboxylic acids is 1. The third kappa shape index (κ3) is 3.67. The van der Waals surface area contributed by atoms with Crippen molar-refractivity contribution in [3.05, 3.63) is 47.8 Å². The summed E-state index contributed by atoms with van der Waals surface area (Å²) < 4.78 is 0. The van der Waals surface area contributed by atoms with Crippen LogP contribution in [0.5, 0.6) is 0 Å². The van der Waals surface area contributed by atoms with E-state index in [1.807, 2.05) is 25.1 Å². The predicted molar refractivity (Wildman–Crippen MR) is 54.8 cm³/mol. The number of carboxylic acid groups (broad SMARTS) is 1. The molecule has 0 saturated carbocycles. The lowest BCUT2D eigenvalue weighted by Crippen LogP contribution is -1.84. The number of nitrogens with zero attached hydrogens (tertiary/aromatic N) is 1. The molecule has 1 aromatic rings. The van der Waals surface area contributed by atoms with Gasteiger partial charge in [0.15, 0.2) is 0 Å². The molecule has 0 aromatic carbocycles. The first-order chi connectivity index (χ1) is 6.68. The van der Waals surface area contributed by atoms with Crippen molar-refractivity contribution in [3.8, 4) is 0 Å². The molecule has 0 radical (unpaired) electrons. The van der Waals surface area contributed by atoms with Gasteiger partial charge in [0, 0.05) is 18.0 Å². The number of carbonyl (C=O) groups is 1. The molecule has 1 N–H and O–H groups in total. The van der Waals surface area contributed by atoms with Crippen LogP contribution in [-0.4, -0.2) is 16.1 Å². The van der Waals surface area contributed by atoms with Gasteiger partial charge in [-0.1, -0.05) is 18.2 Å². The van der Waals surface area contributed by atoms with Gasteiger partial charge in [0.05, 0.1) is 0 Å². The first kappa shape index (κ1) is 10.2. The van der Waals surface area contributed by atoms with E-state index < -0.39 is 5.97 Å². The Morgan fingerprint density at radius 2 is 2.29 bits per heavy atom. The van der Waals surface area contributed by atoms with Gasteiger partial charge in [-0.05, 0) is 24.6 Å². The molecule has 3 heteroatoms. The lowest BCUT2D eigenvalue weighted by molar-refractivity contribution is -0.131. The van der Waals surface area contributed by atoms with Gasteiger partial charge in [0.25, 0.3) is 0 Å². The predicted octanol–water partition coefficient (Wildman–Crippen LogP) is 2.04. The second kappa shape index (κ2) is 4.97. The summed E-state index contributed by atoms with van der Waals surface area (Å²) in [7, 11) is 0. The van der Waals surface area contributed by atoms with Crippen molar-refractivity contribution in [1.82, 2.24) is 4.98 Å². The summed E-state index contributed by atoms with van der Waals surface area (Å²) in [5.41, 5.74) is 1.95. The molecule has 0 spiro atoms. The lowest BCUT2D eigenvalue weighted by Gasteiger charge is -1.92. The molecule has 3 nitrogen and oxygen atoms in total. The third-order valence-corrected chi connectivity index (χ3v) is 1.56. The van der Waals surface area contributed by atoms with Gasteiger partial charge in [0.2, 0.25) is 0 Å². The van der Waals surface area contributed by atoms with Crippen LogP contribution in [-0.2, 0) is 4.79 Å². The van der Waals surface area contributed by atoms with Crippen LogP contribution in [0.25, 0.3) is 6.08 Å². The molecule has 72 valence electrons. The Labute approximate surface area is 82.4 Å². The van der Waals surface area contributed by atoms with Crippen molar-refractivity contribution in [2.75, 3.05) is 0 Å². The fourth-order valence-electron chi connectivity index (χ4n) is 0.976. The van der Waals surface area contributed by atoms with Crippen LogP contribution in [0, 0.1) is 6.92 Å². The largest absolute Gasteiger partial charge is 0.478 e. The van der Waals surface area contributed by atoms with Crippen molar-refractivity contribution in [2.24, 2.45) is 0 Å². The van der Waals surface area contributed by atoms with Crippen LogP contribution in [0.1, 0.15) is 11.3 Å². The average molecular weight is 189 g/mol. The highest BCUT2D eigenvalue weighted by atomic mass is 16.4. The Morgan fingerprint density at radius 3 is 2.93 bits per heavy atom. The van der Waals surface area contributed by atoms with E-state index in [1.165, 1.54) is 6.08 Å². The van der Waals surface area contributed by atoms with E-state index in [0.29, 0.717) is 0 Å². The Hall–Kier alpha value is -1.90. The highest BCUT2D eigenvalue weighted by Crippen LogP contribution is 2.02. The molecule has 0 bridgehead atoms. The van der Waals surface area contributed by atoms with Crippen molar-refractivity contribution < 1.29 is 9.90 Å². The number of aromatic nitrogens is 1. The van der Waals surface area contributed by atoms with E-state index in [1.54, 1.807) is 12.3 Å². The average Bonchev–Trinajstić information content (AvgIpc) is 2.12. The second-order valence-electron chi connectivity index (χ2n) is 2.79. The highest BCUT2D eigenvalue weighted by Gasteiger charge is 1.87. The number of hydrogen-bond donors (Lipinski definition) is 1. The van der Waals surface area contributed by atoms with E-state index in [4.69, 9.17) is 5.11 Å². The molecule has 0 amide bonds. The summed E-state index contributed by atoms with van der Waals surface area (Å²) in [5, 5.41) is 8.32. The maximum Gasteiger partial charge on any atom is 0.328 e. The van der Waals surface area contributed by atoms with Crippen LogP contribution >= 0.6 is 0 Å². The van der Waals surface area contributed by atoms with Crippen LogP contribution in [0.15, 0.2) is 36.6 Å². The van der Waals surface area contributed by atoms with Crippen LogP contribution < -0.4 is 0 Å². The standard InChI is InChI=1S/C11H11NO2/c1-9-8-10(6-7-12-9)4-2-3-5-11(13)14/h2-8H,1H3,(H,13,14)/b4-2+,5-3+. The molecule has 0 fully saturated rings. The zero-order valence-corrected chi connectivity index (χ0v) is 7.84. The Kier molecular flexibility index (Phi) is 3.61. The van der Waals surface area contributed by atoms with Crippen molar-refractivity contribution in [2.45, 2.75) is 6.92 Å². The molecule has 0 atom stereocenters. The molecule has 0 aliphatic carbocycles. The lowest BCUT2D eigenvalue weighted by atomic mass is 10.2. The van der Waals surface area contributed by atoms with Gasteiger partial charge in [-0.3, -0.25) is 4.98 Å². The molecule has 0 unspecified atom stereocenters. The summed E-state index contributed by atoms with van der Waals surface area (Å²) in [5.74, 6) is -0.944. The topological polar surface area (TPSA) is 50.2 Å². The molecular formula is C11H11NO2. The Balaban J connectivity index is 2.64. The van der Waals surface area contributed by atoms with Gasteiger partial charge in [-0.25, -0.2) is 4.79 Å². The van der Waals surface area contributed by atoms with Gasteiger partial charge >= 0.3 is 5.97 Å². The summed E-state index contributed by atoms with van der Waals surface area (Å²) in [6.07, 6.45) is 7.80. The fraction of sp³-hybridized carbons (Fsp3) is 0.0909. The monoisotopic (exact) mass is 189 g/mol. The molecule has 0 aliphatic rings. The smallest absolute Gasteiger partial charge is 0.328 e. The molecule has 14 heavy (non-hydrogen) atoms.